The normalized spacial score (nSPS) is 14.6. The maximum absolute atomic E-state index is 12.8. The third-order valence-electron chi connectivity index (χ3n) is 4.12. The highest BCUT2D eigenvalue weighted by Gasteiger charge is 2.34. The van der Waals surface area contributed by atoms with Crippen LogP contribution in [0.2, 0.25) is 5.02 Å². The summed E-state index contributed by atoms with van der Waals surface area (Å²) in [5.74, 6) is -0.717. The molecule has 1 amide bonds. The summed E-state index contributed by atoms with van der Waals surface area (Å²) in [6.45, 7) is 2.38. The lowest BCUT2D eigenvalue weighted by Crippen LogP contribution is -2.29. The SMILES string of the molecule is CCCCC(=O)O/N=C1\C(=O)N(Cc2ccc(Cl)cc2)c2ccccc21. The average Bonchev–Trinajstić information content (AvgIpc) is 2.91. The molecule has 0 radical (unpaired) electrons. The Morgan fingerprint density at radius 3 is 2.62 bits per heavy atom. The van der Waals surface area contributed by atoms with Crippen molar-refractivity contribution in [3.05, 3.63) is 64.7 Å². The lowest BCUT2D eigenvalue weighted by Gasteiger charge is -2.16. The molecule has 0 saturated heterocycles. The molecule has 1 aliphatic heterocycles. The highest BCUT2D eigenvalue weighted by molar-refractivity contribution is 6.54. The molecule has 0 aliphatic carbocycles. The molecule has 0 saturated carbocycles. The van der Waals surface area contributed by atoms with Crippen molar-refractivity contribution in [3.8, 4) is 0 Å². The molecular weight excluding hydrogens is 352 g/mol. The first-order chi connectivity index (χ1) is 12.6. The van der Waals surface area contributed by atoms with Crippen molar-refractivity contribution in [2.75, 3.05) is 4.90 Å². The van der Waals surface area contributed by atoms with E-state index in [9.17, 15) is 9.59 Å². The Balaban J connectivity index is 1.83. The van der Waals surface area contributed by atoms with Gasteiger partial charge in [0.05, 0.1) is 12.2 Å². The number of hydrogen-bond donors (Lipinski definition) is 0. The van der Waals surface area contributed by atoms with Crippen LogP contribution >= 0.6 is 11.6 Å². The predicted molar refractivity (Wildman–Crippen MR) is 101 cm³/mol. The number of anilines is 1. The maximum atomic E-state index is 12.8. The minimum Gasteiger partial charge on any atom is -0.317 e. The first-order valence-electron chi connectivity index (χ1n) is 8.53. The quantitative estimate of drug-likeness (QED) is 0.562. The molecule has 26 heavy (non-hydrogen) atoms. The molecule has 6 heteroatoms. The van der Waals surface area contributed by atoms with Crippen molar-refractivity contribution in [2.24, 2.45) is 5.16 Å². The van der Waals surface area contributed by atoms with Crippen LogP contribution in [0, 0.1) is 0 Å². The van der Waals surface area contributed by atoms with E-state index in [4.69, 9.17) is 16.4 Å². The smallest absolute Gasteiger partial charge is 0.317 e. The van der Waals surface area contributed by atoms with Gasteiger partial charge >= 0.3 is 5.97 Å². The van der Waals surface area contributed by atoms with Crippen LogP contribution in [0.3, 0.4) is 0 Å². The van der Waals surface area contributed by atoms with E-state index in [1.807, 2.05) is 37.3 Å². The van der Waals surface area contributed by atoms with Crippen molar-refractivity contribution in [1.82, 2.24) is 0 Å². The second kappa shape index (κ2) is 8.15. The number of halogens is 1. The predicted octanol–water partition coefficient (Wildman–Crippen LogP) is 4.32. The van der Waals surface area contributed by atoms with Crippen molar-refractivity contribution in [3.63, 3.8) is 0 Å². The number of carbonyl (C=O) groups excluding carboxylic acids is 2. The number of carbonyl (C=O) groups is 2. The van der Waals surface area contributed by atoms with Crippen LogP contribution in [0.25, 0.3) is 0 Å². The van der Waals surface area contributed by atoms with E-state index in [1.165, 1.54) is 0 Å². The number of fused-ring (bicyclic) bond motifs is 1. The summed E-state index contributed by atoms with van der Waals surface area (Å²) < 4.78 is 0. The fraction of sp³-hybridized carbons (Fsp3) is 0.250. The Morgan fingerprint density at radius 2 is 1.88 bits per heavy atom. The van der Waals surface area contributed by atoms with Crippen LogP contribution in [0.4, 0.5) is 5.69 Å². The molecule has 3 rings (SSSR count). The molecule has 1 heterocycles. The van der Waals surface area contributed by atoms with Gasteiger partial charge in [-0.15, -0.1) is 0 Å². The summed E-state index contributed by atoms with van der Waals surface area (Å²) in [5.41, 5.74) is 2.50. The van der Waals surface area contributed by atoms with Crippen LogP contribution in [-0.4, -0.2) is 17.6 Å². The molecule has 0 aromatic heterocycles. The van der Waals surface area contributed by atoms with Gasteiger partial charge < -0.3 is 9.74 Å². The topological polar surface area (TPSA) is 59.0 Å². The number of benzene rings is 2. The first kappa shape index (κ1) is 18.1. The molecule has 0 atom stereocenters. The van der Waals surface area contributed by atoms with Crippen molar-refractivity contribution < 1.29 is 14.4 Å². The highest BCUT2D eigenvalue weighted by atomic mass is 35.5. The molecule has 0 N–H and O–H groups in total. The zero-order chi connectivity index (χ0) is 18.5. The average molecular weight is 371 g/mol. The second-order valence-corrected chi connectivity index (χ2v) is 6.48. The lowest BCUT2D eigenvalue weighted by molar-refractivity contribution is -0.143. The lowest BCUT2D eigenvalue weighted by atomic mass is 10.1. The minimum absolute atomic E-state index is 0.152. The summed E-state index contributed by atoms with van der Waals surface area (Å²) >= 11 is 5.92. The van der Waals surface area contributed by atoms with Crippen molar-refractivity contribution in [1.29, 1.82) is 0 Å². The summed E-state index contributed by atoms with van der Waals surface area (Å²) in [6, 6.07) is 14.7. The molecular formula is C20H19ClN2O3. The molecule has 2 aromatic rings. The van der Waals surface area contributed by atoms with E-state index in [0.29, 0.717) is 17.1 Å². The maximum Gasteiger partial charge on any atom is 0.335 e. The van der Waals surface area contributed by atoms with E-state index < -0.39 is 5.97 Å². The fourth-order valence-corrected chi connectivity index (χ4v) is 2.87. The number of oxime groups is 1. The van der Waals surface area contributed by atoms with E-state index in [1.54, 1.807) is 23.1 Å². The molecule has 5 nitrogen and oxygen atoms in total. The monoisotopic (exact) mass is 370 g/mol. The van der Waals surface area contributed by atoms with Gasteiger partial charge in [-0.1, -0.05) is 60.4 Å². The molecule has 0 fully saturated rings. The zero-order valence-electron chi connectivity index (χ0n) is 14.4. The van der Waals surface area contributed by atoms with Crippen LogP contribution in [0.15, 0.2) is 53.7 Å². The summed E-state index contributed by atoms with van der Waals surface area (Å²) in [6.07, 6.45) is 1.91. The van der Waals surface area contributed by atoms with E-state index in [0.717, 1.165) is 24.1 Å². The van der Waals surface area contributed by atoms with Gasteiger partial charge in [-0.3, -0.25) is 4.79 Å². The molecule has 134 valence electrons. The molecule has 0 unspecified atom stereocenters. The standard InChI is InChI=1S/C20H19ClN2O3/c1-2-3-8-18(24)26-22-19-16-6-4-5-7-17(16)23(20(19)25)13-14-9-11-15(21)12-10-14/h4-7,9-12H,2-3,8,13H2,1H3/b22-19-. The van der Waals surface area contributed by atoms with Gasteiger partial charge in [0.2, 0.25) is 0 Å². The summed E-state index contributed by atoms with van der Waals surface area (Å²) in [4.78, 5) is 31.1. The van der Waals surface area contributed by atoms with Gasteiger partial charge in [0, 0.05) is 17.0 Å². The van der Waals surface area contributed by atoms with Crippen LogP contribution in [-0.2, 0) is 21.0 Å². The van der Waals surface area contributed by atoms with Crippen molar-refractivity contribution in [2.45, 2.75) is 32.7 Å². The summed E-state index contributed by atoms with van der Waals surface area (Å²) in [5, 5.41) is 4.50. The van der Waals surface area contributed by atoms with Crippen molar-refractivity contribution >= 4 is 34.9 Å². The van der Waals surface area contributed by atoms with E-state index >= 15 is 0 Å². The molecule has 0 spiro atoms. The van der Waals surface area contributed by atoms with E-state index in [2.05, 4.69) is 5.16 Å². The van der Waals surface area contributed by atoms with Gasteiger partial charge in [-0.2, -0.15) is 0 Å². The summed E-state index contributed by atoms with van der Waals surface area (Å²) in [7, 11) is 0. The molecule has 0 bridgehead atoms. The minimum atomic E-state index is -0.430. The third kappa shape index (κ3) is 3.94. The molecule has 2 aromatic carbocycles. The Hall–Kier alpha value is -2.66. The largest absolute Gasteiger partial charge is 0.335 e. The Morgan fingerprint density at radius 1 is 1.15 bits per heavy atom. The van der Waals surface area contributed by atoms with Gasteiger partial charge in [0.15, 0.2) is 5.71 Å². The van der Waals surface area contributed by atoms with Crippen LogP contribution < -0.4 is 4.90 Å². The number of amides is 1. The fourth-order valence-electron chi connectivity index (χ4n) is 2.74. The number of nitrogens with zero attached hydrogens (tertiary/aromatic N) is 2. The Labute approximate surface area is 157 Å². The highest BCUT2D eigenvalue weighted by Crippen LogP contribution is 2.30. The number of unbranched alkanes of at least 4 members (excludes halogenated alkanes) is 1. The Bertz CT molecular complexity index is 846. The van der Waals surface area contributed by atoms with E-state index in [-0.39, 0.29) is 18.0 Å². The third-order valence-corrected chi connectivity index (χ3v) is 4.38. The van der Waals surface area contributed by atoms with Crippen LogP contribution in [0.1, 0.15) is 37.3 Å². The van der Waals surface area contributed by atoms with Gasteiger partial charge in [0.1, 0.15) is 0 Å². The molecule has 1 aliphatic rings. The van der Waals surface area contributed by atoms with Gasteiger partial charge in [-0.25, -0.2) is 4.79 Å². The Kier molecular flexibility index (Phi) is 5.68. The van der Waals surface area contributed by atoms with Gasteiger partial charge in [-0.05, 0) is 30.2 Å². The zero-order valence-corrected chi connectivity index (χ0v) is 15.2. The number of rotatable bonds is 6. The first-order valence-corrected chi connectivity index (χ1v) is 8.91. The number of hydrogen-bond acceptors (Lipinski definition) is 4. The van der Waals surface area contributed by atoms with Crippen LogP contribution in [0.5, 0.6) is 0 Å². The number of para-hydroxylation sites is 1. The van der Waals surface area contributed by atoms with Gasteiger partial charge in [0.25, 0.3) is 5.91 Å². The second-order valence-electron chi connectivity index (χ2n) is 6.04.